The molecule has 0 N–H and O–H groups in total. The van der Waals surface area contributed by atoms with Gasteiger partial charge in [-0.05, 0) is 13.8 Å². The highest BCUT2D eigenvalue weighted by Gasteiger charge is 2.25. The lowest BCUT2D eigenvalue weighted by Crippen LogP contribution is -2.24. The minimum absolute atomic E-state index is 0.639. The van der Waals surface area contributed by atoms with E-state index in [0.717, 1.165) is 11.1 Å². The number of ether oxygens (including phenoxy) is 2. The Labute approximate surface area is 102 Å². The van der Waals surface area contributed by atoms with Crippen LogP contribution in [0.15, 0.2) is 36.0 Å². The average molecular weight is 238 g/mol. The summed E-state index contributed by atoms with van der Waals surface area (Å²) < 4.78 is 9.07. The van der Waals surface area contributed by atoms with Gasteiger partial charge in [-0.2, -0.15) is 0 Å². The fourth-order valence-corrected chi connectivity index (χ4v) is 1.08. The highest BCUT2D eigenvalue weighted by Crippen LogP contribution is 2.09. The van der Waals surface area contributed by atoms with Crippen molar-refractivity contribution >= 4 is 11.9 Å². The third-order valence-corrected chi connectivity index (χ3v) is 1.97. The SMILES string of the molecule is C=C(C)/C=C/C(C)=C/C(C(=O)OC)C(=O)OC. The van der Waals surface area contributed by atoms with Crippen LogP contribution in [0.3, 0.4) is 0 Å². The molecule has 0 radical (unpaired) electrons. The second kappa shape index (κ2) is 7.44. The number of methoxy groups -OCH3 is 2. The Balaban J connectivity index is 4.96. The predicted molar refractivity (Wildman–Crippen MR) is 65.2 cm³/mol. The molecule has 0 bridgehead atoms. The lowest BCUT2D eigenvalue weighted by Gasteiger charge is -2.08. The van der Waals surface area contributed by atoms with E-state index in [1.165, 1.54) is 20.3 Å². The monoisotopic (exact) mass is 238 g/mol. The lowest BCUT2D eigenvalue weighted by molar-refractivity contribution is -0.156. The van der Waals surface area contributed by atoms with Gasteiger partial charge in [0.2, 0.25) is 0 Å². The molecule has 0 aromatic heterocycles. The van der Waals surface area contributed by atoms with Crippen molar-refractivity contribution in [2.24, 2.45) is 5.92 Å². The third-order valence-electron chi connectivity index (χ3n) is 1.97. The fraction of sp³-hybridized carbons (Fsp3) is 0.385. The highest BCUT2D eigenvalue weighted by atomic mass is 16.5. The maximum atomic E-state index is 11.4. The molecule has 0 atom stereocenters. The molecule has 0 fully saturated rings. The fourth-order valence-electron chi connectivity index (χ4n) is 1.08. The van der Waals surface area contributed by atoms with Crippen LogP contribution < -0.4 is 0 Å². The van der Waals surface area contributed by atoms with Crippen molar-refractivity contribution < 1.29 is 19.1 Å². The van der Waals surface area contributed by atoms with Crippen LogP contribution in [0.4, 0.5) is 0 Å². The zero-order chi connectivity index (χ0) is 13.4. The largest absolute Gasteiger partial charge is 0.468 e. The van der Waals surface area contributed by atoms with Crippen LogP contribution in [0.1, 0.15) is 13.8 Å². The predicted octanol–water partition coefficient (Wildman–Crippen LogP) is 2.03. The van der Waals surface area contributed by atoms with Crippen molar-refractivity contribution in [1.82, 2.24) is 0 Å². The minimum atomic E-state index is -1.03. The first kappa shape index (κ1) is 15.2. The number of esters is 2. The van der Waals surface area contributed by atoms with Gasteiger partial charge < -0.3 is 9.47 Å². The maximum Gasteiger partial charge on any atom is 0.324 e. The summed E-state index contributed by atoms with van der Waals surface area (Å²) >= 11 is 0. The zero-order valence-electron chi connectivity index (χ0n) is 10.6. The molecule has 0 aliphatic rings. The molecule has 0 aliphatic heterocycles. The number of hydrogen-bond acceptors (Lipinski definition) is 4. The summed E-state index contributed by atoms with van der Waals surface area (Å²) in [5.74, 6) is -2.31. The van der Waals surface area contributed by atoms with Gasteiger partial charge in [-0.15, -0.1) is 0 Å². The van der Waals surface area contributed by atoms with Crippen LogP contribution in [-0.4, -0.2) is 26.2 Å². The highest BCUT2D eigenvalue weighted by molar-refractivity contribution is 5.97. The van der Waals surface area contributed by atoms with Gasteiger partial charge in [0.1, 0.15) is 0 Å². The minimum Gasteiger partial charge on any atom is -0.468 e. The van der Waals surface area contributed by atoms with E-state index in [9.17, 15) is 9.59 Å². The van der Waals surface area contributed by atoms with Crippen LogP contribution in [-0.2, 0) is 19.1 Å². The lowest BCUT2D eigenvalue weighted by atomic mass is 10.1. The first-order chi connectivity index (χ1) is 7.92. The Kier molecular flexibility index (Phi) is 6.63. The molecule has 94 valence electrons. The third kappa shape index (κ3) is 5.70. The van der Waals surface area contributed by atoms with Crippen LogP contribution in [0.25, 0.3) is 0 Å². The summed E-state index contributed by atoms with van der Waals surface area (Å²) in [4.78, 5) is 22.8. The molecule has 0 unspecified atom stereocenters. The topological polar surface area (TPSA) is 52.6 Å². The van der Waals surface area contributed by atoms with Gasteiger partial charge in [0, 0.05) is 0 Å². The number of rotatable bonds is 5. The molecular formula is C13H18O4. The van der Waals surface area contributed by atoms with E-state index in [-0.39, 0.29) is 0 Å². The van der Waals surface area contributed by atoms with Gasteiger partial charge in [0.15, 0.2) is 5.92 Å². The van der Waals surface area contributed by atoms with Crippen LogP contribution in [0.5, 0.6) is 0 Å². The summed E-state index contributed by atoms with van der Waals surface area (Å²) in [5.41, 5.74) is 1.64. The smallest absolute Gasteiger partial charge is 0.324 e. The molecule has 17 heavy (non-hydrogen) atoms. The average Bonchev–Trinajstić information content (AvgIpc) is 2.31. The summed E-state index contributed by atoms with van der Waals surface area (Å²) in [6, 6.07) is 0. The first-order valence-corrected chi connectivity index (χ1v) is 5.10. The second-order valence-corrected chi connectivity index (χ2v) is 3.61. The van der Waals surface area contributed by atoms with E-state index in [1.54, 1.807) is 19.1 Å². The molecule has 0 rings (SSSR count). The van der Waals surface area contributed by atoms with Crippen LogP contribution in [0, 0.1) is 5.92 Å². The maximum absolute atomic E-state index is 11.4. The molecule has 0 amide bonds. The molecule has 4 nitrogen and oxygen atoms in total. The van der Waals surface area contributed by atoms with E-state index < -0.39 is 17.9 Å². The first-order valence-electron chi connectivity index (χ1n) is 5.10. The molecule has 0 saturated carbocycles. The summed E-state index contributed by atoms with van der Waals surface area (Å²) in [6.45, 7) is 7.34. The Hall–Kier alpha value is -1.84. The van der Waals surface area contributed by atoms with Gasteiger partial charge in [-0.1, -0.05) is 36.0 Å². The van der Waals surface area contributed by atoms with E-state index in [1.807, 2.05) is 6.92 Å². The van der Waals surface area contributed by atoms with Crippen molar-refractivity contribution in [3.63, 3.8) is 0 Å². The summed E-state index contributed by atoms with van der Waals surface area (Å²) in [7, 11) is 2.45. The van der Waals surface area contributed by atoms with Crippen LogP contribution >= 0.6 is 0 Å². The van der Waals surface area contributed by atoms with E-state index in [0.29, 0.717) is 0 Å². The van der Waals surface area contributed by atoms with Crippen molar-refractivity contribution in [1.29, 1.82) is 0 Å². The van der Waals surface area contributed by atoms with Crippen molar-refractivity contribution in [3.8, 4) is 0 Å². The summed E-state index contributed by atoms with van der Waals surface area (Å²) in [6.07, 6.45) is 5.05. The number of carbonyl (C=O) groups excluding carboxylic acids is 2. The molecular weight excluding hydrogens is 220 g/mol. The van der Waals surface area contributed by atoms with Gasteiger partial charge in [0.25, 0.3) is 0 Å². The number of allylic oxidation sites excluding steroid dienone is 4. The molecule has 0 aliphatic carbocycles. The Morgan fingerprint density at radius 2 is 1.53 bits per heavy atom. The van der Waals surface area contributed by atoms with E-state index in [4.69, 9.17) is 0 Å². The zero-order valence-corrected chi connectivity index (χ0v) is 10.6. The van der Waals surface area contributed by atoms with Crippen molar-refractivity contribution in [3.05, 3.63) is 36.0 Å². The second-order valence-electron chi connectivity index (χ2n) is 3.61. The Morgan fingerprint density at radius 3 is 1.88 bits per heavy atom. The standard InChI is InChI=1S/C13H18O4/c1-9(2)6-7-10(3)8-11(12(14)16-4)13(15)17-5/h6-8,11H,1H2,2-5H3/b7-6+,10-8+. The quantitative estimate of drug-likeness (QED) is 0.418. The van der Waals surface area contributed by atoms with Gasteiger partial charge in [0.05, 0.1) is 14.2 Å². The molecule has 0 aromatic rings. The van der Waals surface area contributed by atoms with Gasteiger partial charge >= 0.3 is 11.9 Å². The summed E-state index contributed by atoms with van der Waals surface area (Å²) in [5, 5.41) is 0. The molecule has 0 aromatic carbocycles. The Bertz CT molecular complexity index is 348. The molecule has 0 heterocycles. The number of carbonyl (C=O) groups is 2. The number of hydrogen-bond donors (Lipinski definition) is 0. The normalized spacial score (nSPS) is 11.7. The van der Waals surface area contributed by atoms with E-state index >= 15 is 0 Å². The van der Waals surface area contributed by atoms with Gasteiger partial charge in [-0.3, -0.25) is 9.59 Å². The van der Waals surface area contributed by atoms with Crippen LogP contribution in [0.2, 0.25) is 0 Å². The Morgan fingerprint density at radius 1 is 1.06 bits per heavy atom. The molecule has 0 saturated heterocycles. The molecule has 4 heteroatoms. The van der Waals surface area contributed by atoms with Gasteiger partial charge in [-0.25, -0.2) is 0 Å². The van der Waals surface area contributed by atoms with Crippen molar-refractivity contribution in [2.45, 2.75) is 13.8 Å². The molecule has 0 spiro atoms. The van der Waals surface area contributed by atoms with E-state index in [2.05, 4.69) is 16.1 Å². The van der Waals surface area contributed by atoms with Crippen molar-refractivity contribution in [2.75, 3.05) is 14.2 Å².